The van der Waals surface area contributed by atoms with Gasteiger partial charge < -0.3 is 14.7 Å². The Morgan fingerprint density at radius 1 is 1.37 bits per heavy atom. The lowest BCUT2D eigenvalue weighted by molar-refractivity contribution is -0.227. The van der Waals surface area contributed by atoms with E-state index >= 15 is 0 Å². The van der Waals surface area contributed by atoms with Crippen molar-refractivity contribution in [3.8, 4) is 0 Å². The highest BCUT2D eigenvalue weighted by Crippen LogP contribution is 2.45. The molecule has 0 radical (unpaired) electrons. The van der Waals surface area contributed by atoms with Gasteiger partial charge in [0.05, 0.1) is 0 Å². The van der Waals surface area contributed by atoms with E-state index in [2.05, 4.69) is 0 Å². The van der Waals surface area contributed by atoms with E-state index in [9.17, 15) is 18.0 Å². The van der Waals surface area contributed by atoms with E-state index in [1.165, 1.54) is 0 Å². The molecular formula is C12H18F3NO3. The van der Waals surface area contributed by atoms with Crippen LogP contribution in [0.3, 0.4) is 0 Å². The molecule has 7 heteroatoms. The van der Waals surface area contributed by atoms with Crippen LogP contribution in [0.15, 0.2) is 0 Å². The molecule has 4 nitrogen and oxygen atoms in total. The van der Waals surface area contributed by atoms with Crippen LogP contribution in [-0.4, -0.2) is 55.0 Å². The van der Waals surface area contributed by atoms with Crippen molar-refractivity contribution in [1.82, 2.24) is 4.90 Å². The Hall–Kier alpha value is -0.820. The molecule has 2 aliphatic heterocycles. The van der Waals surface area contributed by atoms with E-state index < -0.39 is 24.1 Å². The van der Waals surface area contributed by atoms with Gasteiger partial charge in [-0.3, -0.25) is 4.79 Å². The second-order valence-electron chi connectivity index (χ2n) is 5.43. The lowest BCUT2D eigenvalue weighted by Crippen LogP contribution is -2.47. The molecule has 19 heavy (non-hydrogen) atoms. The zero-order valence-corrected chi connectivity index (χ0v) is 10.6. The number of likely N-dealkylation sites (tertiary alicyclic amines) is 1. The second kappa shape index (κ2) is 5.28. The first-order valence-electron chi connectivity index (χ1n) is 6.45. The largest absolute Gasteiger partial charge is 0.481 e. The van der Waals surface area contributed by atoms with Gasteiger partial charge >= 0.3 is 12.1 Å². The smallest absolute Gasteiger partial charge is 0.406 e. The van der Waals surface area contributed by atoms with Gasteiger partial charge in [-0.05, 0) is 31.7 Å². The maximum absolute atomic E-state index is 13.0. The Morgan fingerprint density at radius 3 is 2.47 bits per heavy atom. The van der Waals surface area contributed by atoms with Gasteiger partial charge in [-0.1, -0.05) is 0 Å². The van der Waals surface area contributed by atoms with Crippen molar-refractivity contribution in [3.05, 3.63) is 0 Å². The number of rotatable bonds is 3. The van der Waals surface area contributed by atoms with E-state index in [4.69, 9.17) is 9.84 Å². The number of carboxylic acid groups (broad SMARTS) is 1. The van der Waals surface area contributed by atoms with Crippen LogP contribution in [0.4, 0.5) is 13.2 Å². The summed E-state index contributed by atoms with van der Waals surface area (Å²) >= 11 is 0. The van der Waals surface area contributed by atoms with Gasteiger partial charge in [-0.2, -0.15) is 13.2 Å². The Morgan fingerprint density at radius 2 is 2.00 bits per heavy atom. The van der Waals surface area contributed by atoms with Gasteiger partial charge in [0.1, 0.15) is 0 Å². The molecule has 110 valence electrons. The van der Waals surface area contributed by atoms with Crippen LogP contribution in [0.1, 0.15) is 19.3 Å². The van der Waals surface area contributed by atoms with E-state index in [0.717, 1.165) is 12.8 Å². The van der Waals surface area contributed by atoms with Crippen molar-refractivity contribution in [2.45, 2.75) is 25.4 Å². The summed E-state index contributed by atoms with van der Waals surface area (Å²) in [4.78, 5) is 12.7. The first-order chi connectivity index (χ1) is 8.85. The fraction of sp³-hybridized carbons (Fsp3) is 0.917. The summed E-state index contributed by atoms with van der Waals surface area (Å²) in [6.07, 6.45) is -3.37. The Balaban J connectivity index is 1.99. The minimum absolute atomic E-state index is 0.198. The van der Waals surface area contributed by atoms with Crippen molar-refractivity contribution in [3.63, 3.8) is 0 Å². The lowest BCUT2D eigenvalue weighted by Gasteiger charge is -2.30. The molecule has 2 rings (SSSR count). The number of nitrogens with zero attached hydrogens (tertiary/aromatic N) is 1. The summed E-state index contributed by atoms with van der Waals surface area (Å²) in [6.45, 7) is 1.59. The van der Waals surface area contributed by atoms with Gasteiger partial charge in [-0.25, -0.2) is 0 Å². The molecule has 0 aromatic heterocycles. The van der Waals surface area contributed by atoms with Crippen LogP contribution >= 0.6 is 0 Å². The van der Waals surface area contributed by atoms with Crippen LogP contribution in [0.5, 0.6) is 0 Å². The fourth-order valence-corrected chi connectivity index (χ4v) is 2.87. The number of hydrogen-bond acceptors (Lipinski definition) is 3. The summed E-state index contributed by atoms with van der Waals surface area (Å²) in [5.41, 5.74) is -2.59. The fourth-order valence-electron chi connectivity index (χ4n) is 2.87. The summed E-state index contributed by atoms with van der Waals surface area (Å²) in [5.74, 6) is -1.44. The van der Waals surface area contributed by atoms with Crippen LogP contribution in [0.25, 0.3) is 0 Å². The van der Waals surface area contributed by atoms with Crippen molar-refractivity contribution < 1.29 is 27.8 Å². The molecule has 2 saturated heterocycles. The summed E-state index contributed by atoms with van der Waals surface area (Å²) in [6, 6.07) is 0. The van der Waals surface area contributed by atoms with Crippen molar-refractivity contribution in [2.75, 3.05) is 32.8 Å². The van der Waals surface area contributed by atoms with Crippen LogP contribution < -0.4 is 0 Å². The molecule has 1 unspecified atom stereocenters. The van der Waals surface area contributed by atoms with Crippen molar-refractivity contribution in [2.24, 2.45) is 11.3 Å². The number of halogens is 3. The average Bonchev–Trinajstić information content (AvgIpc) is 2.75. The Kier molecular flexibility index (Phi) is 4.06. The zero-order valence-electron chi connectivity index (χ0n) is 10.6. The summed E-state index contributed by atoms with van der Waals surface area (Å²) in [7, 11) is 0. The van der Waals surface area contributed by atoms with Crippen LogP contribution in [-0.2, 0) is 9.53 Å². The normalized spacial score (nSPS) is 30.7. The molecule has 0 aromatic rings. The molecule has 2 fully saturated rings. The van der Waals surface area contributed by atoms with Gasteiger partial charge in [0.2, 0.25) is 0 Å². The van der Waals surface area contributed by atoms with E-state index in [1.54, 1.807) is 4.90 Å². The standard InChI is InChI=1S/C12H18F3NO3/c13-12(14,15)11(10(17)18)3-4-16(8-11)7-9-1-5-19-6-2-9/h9H,1-8H2,(H,17,18). The molecular weight excluding hydrogens is 263 g/mol. The maximum atomic E-state index is 13.0. The zero-order chi connectivity index (χ0) is 14.1. The van der Waals surface area contributed by atoms with E-state index in [-0.39, 0.29) is 13.0 Å². The van der Waals surface area contributed by atoms with Gasteiger partial charge in [-0.15, -0.1) is 0 Å². The van der Waals surface area contributed by atoms with Gasteiger partial charge in [0.25, 0.3) is 0 Å². The molecule has 0 amide bonds. The number of ether oxygens (including phenoxy) is 1. The minimum Gasteiger partial charge on any atom is -0.481 e. The maximum Gasteiger partial charge on any atom is 0.406 e. The highest BCUT2D eigenvalue weighted by Gasteiger charge is 2.63. The molecule has 0 spiro atoms. The number of carbonyl (C=O) groups is 1. The van der Waals surface area contributed by atoms with Gasteiger partial charge in [0.15, 0.2) is 5.41 Å². The number of carboxylic acids is 1. The summed E-state index contributed by atoms with van der Waals surface area (Å²) in [5, 5.41) is 8.96. The molecule has 2 heterocycles. The predicted octanol–water partition coefficient (Wildman–Crippen LogP) is 1.75. The molecule has 1 atom stereocenters. The van der Waals surface area contributed by atoms with Crippen molar-refractivity contribution in [1.29, 1.82) is 0 Å². The third kappa shape index (κ3) is 2.86. The third-order valence-corrected chi connectivity index (χ3v) is 4.16. The molecule has 1 N–H and O–H groups in total. The third-order valence-electron chi connectivity index (χ3n) is 4.16. The lowest BCUT2D eigenvalue weighted by atomic mass is 9.86. The monoisotopic (exact) mass is 281 g/mol. The molecule has 0 aromatic carbocycles. The van der Waals surface area contributed by atoms with Gasteiger partial charge in [0, 0.05) is 26.3 Å². The second-order valence-corrected chi connectivity index (χ2v) is 5.43. The Bertz CT molecular complexity index is 342. The molecule has 0 saturated carbocycles. The van der Waals surface area contributed by atoms with Crippen LogP contribution in [0.2, 0.25) is 0 Å². The minimum atomic E-state index is -4.69. The first kappa shape index (κ1) is 14.6. The highest BCUT2D eigenvalue weighted by molar-refractivity contribution is 5.76. The first-order valence-corrected chi connectivity index (χ1v) is 6.45. The topological polar surface area (TPSA) is 49.8 Å². The molecule has 0 bridgehead atoms. The Labute approximate surface area is 109 Å². The average molecular weight is 281 g/mol. The number of aliphatic carboxylic acids is 1. The molecule has 2 aliphatic rings. The highest BCUT2D eigenvalue weighted by atomic mass is 19.4. The number of hydrogen-bond donors (Lipinski definition) is 1. The quantitative estimate of drug-likeness (QED) is 0.856. The van der Waals surface area contributed by atoms with Crippen LogP contribution in [0, 0.1) is 11.3 Å². The number of alkyl halides is 3. The SMILES string of the molecule is O=C(O)C1(C(F)(F)F)CCN(CC2CCOCC2)C1. The van der Waals surface area contributed by atoms with Crippen molar-refractivity contribution >= 4 is 5.97 Å². The van der Waals surface area contributed by atoms with E-state index in [1.807, 2.05) is 0 Å². The predicted molar refractivity (Wildman–Crippen MR) is 60.7 cm³/mol. The molecule has 0 aliphatic carbocycles. The van der Waals surface area contributed by atoms with E-state index in [0.29, 0.717) is 25.7 Å². The summed E-state index contributed by atoms with van der Waals surface area (Å²) < 4.78 is 44.2.